The normalized spacial score (nSPS) is 15.8. The van der Waals surface area contributed by atoms with Crippen LogP contribution in [0, 0.1) is 6.92 Å². The number of anilines is 1. The zero-order valence-electron chi connectivity index (χ0n) is 16.5. The van der Waals surface area contributed by atoms with Crippen LogP contribution in [0.2, 0.25) is 0 Å². The van der Waals surface area contributed by atoms with Crippen LogP contribution in [0.5, 0.6) is 0 Å². The molecule has 1 aliphatic rings. The number of aromatic nitrogens is 1. The molecule has 2 N–H and O–H groups in total. The standard InChI is InChI=1S/C21H28N4O2S/c1-15-6-8-17(9-7-15)19(22-16(2)26)12-20(27)24-21-23-18(14-28-21)13-25-10-4-3-5-11-25/h6-9,14,19H,3-5,10-13H2,1-2H3,(H,22,26)(H,23,24,27). The summed E-state index contributed by atoms with van der Waals surface area (Å²) in [7, 11) is 0. The number of thiazole rings is 1. The summed E-state index contributed by atoms with van der Waals surface area (Å²) < 4.78 is 0. The maximum atomic E-state index is 12.5. The van der Waals surface area contributed by atoms with E-state index < -0.39 is 0 Å². The van der Waals surface area contributed by atoms with E-state index in [4.69, 9.17) is 0 Å². The quantitative estimate of drug-likeness (QED) is 0.744. The van der Waals surface area contributed by atoms with Crippen molar-refractivity contribution in [2.24, 2.45) is 0 Å². The van der Waals surface area contributed by atoms with Gasteiger partial charge in [-0.15, -0.1) is 11.3 Å². The van der Waals surface area contributed by atoms with Crippen LogP contribution in [0.1, 0.15) is 55.5 Å². The Labute approximate surface area is 170 Å². The molecule has 1 aromatic heterocycles. The summed E-state index contributed by atoms with van der Waals surface area (Å²) in [4.78, 5) is 31.1. The van der Waals surface area contributed by atoms with Crippen LogP contribution in [-0.4, -0.2) is 34.8 Å². The lowest BCUT2D eigenvalue weighted by Gasteiger charge is -2.25. The van der Waals surface area contributed by atoms with E-state index in [1.807, 2.05) is 36.6 Å². The van der Waals surface area contributed by atoms with Crippen molar-refractivity contribution in [2.45, 2.75) is 52.1 Å². The number of aryl methyl sites for hydroxylation is 1. The Kier molecular flexibility index (Phi) is 7.17. The molecule has 0 bridgehead atoms. The molecule has 1 aromatic carbocycles. The highest BCUT2D eigenvalue weighted by molar-refractivity contribution is 7.13. The molecule has 150 valence electrons. The third-order valence-electron chi connectivity index (χ3n) is 4.88. The molecule has 6 nitrogen and oxygen atoms in total. The summed E-state index contributed by atoms with van der Waals surface area (Å²) in [5.41, 5.74) is 3.05. The number of hydrogen-bond donors (Lipinski definition) is 2. The lowest BCUT2D eigenvalue weighted by atomic mass is 10.0. The number of benzene rings is 1. The topological polar surface area (TPSA) is 74.3 Å². The molecule has 2 aromatic rings. The second kappa shape index (κ2) is 9.80. The number of nitrogens with one attached hydrogen (secondary N) is 2. The van der Waals surface area contributed by atoms with Crippen LogP contribution < -0.4 is 10.6 Å². The predicted octanol–water partition coefficient (Wildman–Crippen LogP) is 3.64. The molecule has 1 saturated heterocycles. The van der Waals surface area contributed by atoms with Gasteiger partial charge in [0.1, 0.15) is 0 Å². The molecule has 1 atom stereocenters. The average molecular weight is 401 g/mol. The lowest BCUT2D eigenvalue weighted by Crippen LogP contribution is -2.30. The van der Waals surface area contributed by atoms with Crippen LogP contribution in [0.25, 0.3) is 0 Å². The number of carbonyl (C=O) groups excluding carboxylic acids is 2. The third kappa shape index (κ3) is 6.14. The van der Waals surface area contributed by atoms with E-state index in [1.165, 1.54) is 37.5 Å². The summed E-state index contributed by atoms with van der Waals surface area (Å²) >= 11 is 1.45. The smallest absolute Gasteiger partial charge is 0.228 e. The minimum atomic E-state index is -0.356. The number of nitrogens with zero attached hydrogens (tertiary/aromatic N) is 2. The van der Waals surface area contributed by atoms with E-state index in [9.17, 15) is 9.59 Å². The zero-order chi connectivity index (χ0) is 19.9. The zero-order valence-corrected chi connectivity index (χ0v) is 17.3. The molecule has 1 unspecified atom stereocenters. The van der Waals surface area contributed by atoms with Crippen molar-refractivity contribution in [3.63, 3.8) is 0 Å². The van der Waals surface area contributed by atoms with Gasteiger partial charge in [0.25, 0.3) is 0 Å². The lowest BCUT2D eigenvalue weighted by molar-refractivity contribution is -0.120. The highest BCUT2D eigenvalue weighted by Crippen LogP contribution is 2.22. The Bertz CT molecular complexity index is 797. The maximum Gasteiger partial charge on any atom is 0.228 e. The van der Waals surface area contributed by atoms with Gasteiger partial charge in [-0.05, 0) is 38.4 Å². The molecular weight excluding hydrogens is 372 g/mol. The number of amides is 2. The second-order valence-electron chi connectivity index (χ2n) is 7.40. The van der Waals surface area contributed by atoms with Gasteiger partial charge in [0.2, 0.25) is 11.8 Å². The van der Waals surface area contributed by atoms with E-state index in [2.05, 4.69) is 20.5 Å². The molecule has 0 radical (unpaired) electrons. The summed E-state index contributed by atoms with van der Waals surface area (Å²) in [5, 5.41) is 8.37. The fourth-order valence-electron chi connectivity index (χ4n) is 3.44. The summed E-state index contributed by atoms with van der Waals surface area (Å²) in [5.74, 6) is -0.311. The van der Waals surface area contributed by atoms with Crippen molar-refractivity contribution in [2.75, 3.05) is 18.4 Å². The van der Waals surface area contributed by atoms with Gasteiger partial charge in [0.05, 0.1) is 18.2 Å². The average Bonchev–Trinajstić information content (AvgIpc) is 3.09. The first kappa shape index (κ1) is 20.5. The predicted molar refractivity (Wildman–Crippen MR) is 112 cm³/mol. The van der Waals surface area contributed by atoms with Crippen LogP contribution in [0.4, 0.5) is 5.13 Å². The molecule has 2 heterocycles. The number of piperidine rings is 1. The molecule has 2 amide bonds. The van der Waals surface area contributed by atoms with Gasteiger partial charge in [-0.1, -0.05) is 36.2 Å². The summed E-state index contributed by atoms with van der Waals surface area (Å²) in [6.45, 7) is 6.55. The minimum Gasteiger partial charge on any atom is -0.349 e. The Morgan fingerprint density at radius 1 is 1.18 bits per heavy atom. The fraction of sp³-hybridized carbons (Fsp3) is 0.476. The highest BCUT2D eigenvalue weighted by Gasteiger charge is 2.18. The Morgan fingerprint density at radius 3 is 2.57 bits per heavy atom. The van der Waals surface area contributed by atoms with Crippen molar-refractivity contribution in [1.82, 2.24) is 15.2 Å². The van der Waals surface area contributed by atoms with Gasteiger partial charge in [-0.25, -0.2) is 4.98 Å². The first-order valence-electron chi connectivity index (χ1n) is 9.80. The van der Waals surface area contributed by atoms with E-state index in [0.29, 0.717) is 5.13 Å². The van der Waals surface area contributed by atoms with Crippen molar-refractivity contribution < 1.29 is 9.59 Å². The van der Waals surface area contributed by atoms with E-state index in [0.717, 1.165) is 36.5 Å². The number of carbonyl (C=O) groups is 2. The van der Waals surface area contributed by atoms with Gasteiger partial charge in [0.15, 0.2) is 5.13 Å². The van der Waals surface area contributed by atoms with Crippen LogP contribution in [-0.2, 0) is 16.1 Å². The van der Waals surface area contributed by atoms with Crippen LogP contribution in [0.15, 0.2) is 29.6 Å². The number of hydrogen-bond acceptors (Lipinski definition) is 5. The minimum absolute atomic E-state index is 0.154. The second-order valence-corrected chi connectivity index (χ2v) is 8.26. The van der Waals surface area contributed by atoms with Crippen LogP contribution in [0.3, 0.4) is 0 Å². The largest absolute Gasteiger partial charge is 0.349 e. The molecule has 3 rings (SSSR count). The Morgan fingerprint density at radius 2 is 1.89 bits per heavy atom. The van der Waals surface area contributed by atoms with Gasteiger partial charge < -0.3 is 10.6 Å². The number of rotatable bonds is 7. The molecule has 0 aliphatic carbocycles. The van der Waals surface area contributed by atoms with Crippen molar-refractivity contribution >= 4 is 28.3 Å². The molecule has 1 fully saturated rings. The van der Waals surface area contributed by atoms with Gasteiger partial charge in [0, 0.05) is 18.8 Å². The van der Waals surface area contributed by atoms with Crippen molar-refractivity contribution in [1.29, 1.82) is 0 Å². The van der Waals surface area contributed by atoms with Gasteiger partial charge in [-0.2, -0.15) is 0 Å². The molecule has 0 spiro atoms. The van der Waals surface area contributed by atoms with Crippen LogP contribution >= 0.6 is 11.3 Å². The Balaban J connectivity index is 1.58. The monoisotopic (exact) mass is 400 g/mol. The van der Waals surface area contributed by atoms with E-state index >= 15 is 0 Å². The SMILES string of the molecule is CC(=O)NC(CC(=O)Nc1nc(CN2CCCCC2)cs1)c1ccc(C)cc1. The highest BCUT2D eigenvalue weighted by atomic mass is 32.1. The van der Waals surface area contributed by atoms with Gasteiger partial charge >= 0.3 is 0 Å². The molecule has 1 aliphatic heterocycles. The molecule has 7 heteroatoms. The first-order chi connectivity index (χ1) is 13.5. The molecular formula is C21H28N4O2S. The maximum absolute atomic E-state index is 12.5. The van der Waals surface area contributed by atoms with Crippen molar-refractivity contribution in [3.8, 4) is 0 Å². The summed E-state index contributed by atoms with van der Waals surface area (Å²) in [6, 6.07) is 7.50. The summed E-state index contributed by atoms with van der Waals surface area (Å²) in [6.07, 6.45) is 3.98. The van der Waals surface area contributed by atoms with E-state index in [-0.39, 0.29) is 24.3 Å². The molecule has 0 saturated carbocycles. The van der Waals surface area contributed by atoms with Crippen molar-refractivity contribution in [3.05, 3.63) is 46.5 Å². The number of likely N-dealkylation sites (tertiary alicyclic amines) is 1. The third-order valence-corrected chi connectivity index (χ3v) is 5.69. The fourth-order valence-corrected chi connectivity index (χ4v) is 4.15. The molecule has 28 heavy (non-hydrogen) atoms. The Hall–Kier alpha value is -2.25. The van der Waals surface area contributed by atoms with Gasteiger partial charge in [-0.3, -0.25) is 14.5 Å². The first-order valence-corrected chi connectivity index (χ1v) is 10.7. The van der Waals surface area contributed by atoms with E-state index in [1.54, 1.807) is 0 Å².